The number of carbonyl (C=O) groups is 1. The van der Waals surface area contributed by atoms with Gasteiger partial charge in [0.1, 0.15) is 0 Å². The van der Waals surface area contributed by atoms with Crippen LogP contribution in [0.15, 0.2) is 46.2 Å². The van der Waals surface area contributed by atoms with Crippen molar-refractivity contribution in [3.05, 3.63) is 57.5 Å². The summed E-state index contributed by atoms with van der Waals surface area (Å²) in [5.74, 6) is -0.738. The van der Waals surface area contributed by atoms with Crippen LogP contribution in [0.3, 0.4) is 0 Å². The minimum absolute atomic E-state index is 0.0839. The summed E-state index contributed by atoms with van der Waals surface area (Å²) < 4.78 is 27.2. The van der Waals surface area contributed by atoms with Gasteiger partial charge in [0.25, 0.3) is 15.9 Å². The number of nitrogens with zero attached hydrogens (tertiary/aromatic N) is 1. The van der Waals surface area contributed by atoms with E-state index in [9.17, 15) is 18.0 Å². The van der Waals surface area contributed by atoms with Crippen molar-refractivity contribution in [2.24, 2.45) is 0 Å². The minimum atomic E-state index is -4.03. The van der Waals surface area contributed by atoms with E-state index in [1.807, 2.05) is 4.72 Å². The number of thiazole rings is 1. The lowest BCUT2D eigenvalue weighted by Crippen LogP contribution is -2.30. The van der Waals surface area contributed by atoms with Crippen molar-refractivity contribution in [3.8, 4) is 0 Å². The van der Waals surface area contributed by atoms with Gasteiger partial charge in [-0.3, -0.25) is 14.6 Å². The molecule has 2 N–H and O–H groups in total. The molecule has 118 valence electrons. The van der Waals surface area contributed by atoms with Crippen LogP contribution in [-0.4, -0.2) is 24.3 Å². The number of sulfonamides is 1. The molecule has 0 saturated carbocycles. The molecule has 23 heavy (non-hydrogen) atoms. The number of aromatic amines is 1. The van der Waals surface area contributed by atoms with Crippen LogP contribution in [0.5, 0.6) is 0 Å². The van der Waals surface area contributed by atoms with E-state index < -0.39 is 15.9 Å². The Hall–Kier alpha value is -2.52. The Morgan fingerprint density at radius 1 is 1.26 bits per heavy atom. The highest BCUT2D eigenvalue weighted by Gasteiger charge is 2.19. The highest BCUT2D eigenvalue weighted by molar-refractivity contribution is 7.90. The molecule has 0 aliphatic carbocycles. The van der Waals surface area contributed by atoms with Crippen molar-refractivity contribution in [1.82, 2.24) is 14.7 Å². The third kappa shape index (κ3) is 3.15. The van der Waals surface area contributed by atoms with Gasteiger partial charge in [-0.1, -0.05) is 11.3 Å². The van der Waals surface area contributed by atoms with Crippen LogP contribution < -0.4 is 9.60 Å². The first-order valence-electron chi connectivity index (χ1n) is 6.48. The van der Waals surface area contributed by atoms with Crippen LogP contribution in [0.4, 0.5) is 0 Å². The molecule has 9 heteroatoms. The summed E-state index contributed by atoms with van der Waals surface area (Å²) in [5.41, 5.74) is 1.36. The molecule has 1 amide bonds. The van der Waals surface area contributed by atoms with Crippen LogP contribution in [0, 0.1) is 6.92 Å². The third-order valence-corrected chi connectivity index (χ3v) is 5.26. The number of amides is 1. The van der Waals surface area contributed by atoms with E-state index in [1.54, 1.807) is 6.92 Å². The Balaban J connectivity index is 1.93. The van der Waals surface area contributed by atoms with Crippen LogP contribution in [0.1, 0.15) is 16.1 Å². The smallest absolute Gasteiger partial charge is 0.305 e. The quantitative estimate of drug-likeness (QED) is 0.743. The molecule has 0 spiro atoms. The molecule has 0 fully saturated rings. The maximum absolute atomic E-state index is 12.3. The Morgan fingerprint density at radius 3 is 2.78 bits per heavy atom. The SMILES string of the molecule is Cc1cc(C(=O)NS(=O)(=O)c2ccc3[nH]c(=O)sc3c2)ccn1. The normalized spacial score (nSPS) is 11.5. The highest BCUT2D eigenvalue weighted by Crippen LogP contribution is 2.19. The molecule has 0 saturated heterocycles. The van der Waals surface area contributed by atoms with Crippen LogP contribution >= 0.6 is 11.3 Å². The molecule has 0 radical (unpaired) electrons. The average Bonchev–Trinajstić information content (AvgIpc) is 2.85. The maximum atomic E-state index is 12.3. The molecule has 3 aromatic rings. The molecule has 0 aliphatic rings. The third-order valence-electron chi connectivity index (χ3n) is 3.09. The number of aromatic nitrogens is 2. The summed E-state index contributed by atoms with van der Waals surface area (Å²) >= 11 is 0.903. The Kier molecular flexibility index (Phi) is 3.74. The summed E-state index contributed by atoms with van der Waals surface area (Å²) in [7, 11) is -4.03. The highest BCUT2D eigenvalue weighted by atomic mass is 32.2. The number of hydrogen-bond donors (Lipinski definition) is 2. The van der Waals surface area contributed by atoms with E-state index in [0.717, 1.165) is 11.3 Å². The van der Waals surface area contributed by atoms with E-state index in [-0.39, 0.29) is 15.3 Å². The van der Waals surface area contributed by atoms with Crippen LogP contribution in [-0.2, 0) is 10.0 Å². The zero-order valence-corrected chi connectivity index (χ0v) is 13.5. The number of fused-ring (bicyclic) bond motifs is 1. The summed E-state index contributed by atoms with van der Waals surface area (Å²) in [5, 5.41) is 0. The van der Waals surface area contributed by atoms with Gasteiger partial charge < -0.3 is 4.98 Å². The molecule has 0 bridgehead atoms. The Labute approximate surface area is 135 Å². The monoisotopic (exact) mass is 349 g/mol. The van der Waals surface area contributed by atoms with E-state index in [0.29, 0.717) is 15.9 Å². The van der Waals surface area contributed by atoms with E-state index in [2.05, 4.69) is 9.97 Å². The lowest BCUT2D eigenvalue weighted by Gasteiger charge is -2.07. The molecule has 2 aromatic heterocycles. The van der Waals surface area contributed by atoms with Gasteiger partial charge in [0.15, 0.2) is 0 Å². The zero-order chi connectivity index (χ0) is 16.6. The predicted octanol–water partition coefficient (Wildman–Crippen LogP) is 1.41. The maximum Gasteiger partial charge on any atom is 0.305 e. The second-order valence-corrected chi connectivity index (χ2v) is 7.49. The van der Waals surface area contributed by atoms with Gasteiger partial charge in [-0.25, -0.2) is 13.1 Å². The van der Waals surface area contributed by atoms with Gasteiger partial charge in [0, 0.05) is 17.5 Å². The lowest BCUT2D eigenvalue weighted by atomic mass is 10.2. The molecule has 2 heterocycles. The second-order valence-electron chi connectivity index (χ2n) is 4.79. The Bertz CT molecular complexity index is 1070. The van der Waals surface area contributed by atoms with Gasteiger partial charge >= 0.3 is 4.87 Å². The Morgan fingerprint density at radius 2 is 2.04 bits per heavy atom. The summed E-state index contributed by atoms with van der Waals surface area (Å²) in [6.07, 6.45) is 1.43. The standard InChI is InChI=1S/C14H11N3O4S2/c1-8-6-9(4-5-15-8)13(18)17-23(20,21)10-2-3-11-12(7-10)22-14(19)16-11/h2-7H,1H3,(H,16,19)(H,17,18). The summed E-state index contributed by atoms with van der Waals surface area (Å²) in [4.78, 5) is 29.5. The lowest BCUT2D eigenvalue weighted by molar-refractivity contribution is 0.0981. The first kappa shape index (κ1) is 15.4. The van der Waals surface area contributed by atoms with Gasteiger partial charge in [-0.05, 0) is 37.3 Å². The van der Waals surface area contributed by atoms with Gasteiger partial charge in [-0.2, -0.15) is 0 Å². The number of pyridine rings is 1. The largest absolute Gasteiger partial charge is 0.312 e. The van der Waals surface area contributed by atoms with E-state index in [4.69, 9.17) is 0 Å². The van der Waals surface area contributed by atoms with Crippen molar-refractivity contribution in [2.75, 3.05) is 0 Å². The topological polar surface area (TPSA) is 109 Å². The molecule has 0 unspecified atom stereocenters. The summed E-state index contributed by atoms with van der Waals surface area (Å²) in [6.45, 7) is 1.70. The van der Waals surface area contributed by atoms with Crippen molar-refractivity contribution in [2.45, 2.75) is 11.8 Å². The van der Waals surface area contributed by atoms with Crippen LogP contribution in [0.2, 0.25) is 0 Å². The number of H-pyrrole nitrogens is 1. The van der Waals surface area contributed by atoms with Crippen molar-refractivity contribution in [1.29, 1.82) is 0 Å². The number of carbonyl (C=O) groups excluding carboxylic acids is 1. The fourth-order valence-electron chi connectivity index (χ4n) is 2.02. The molecule has 1 aromatic carbocycles. The van der Waals surface area contributed by atoms with Crippen molar-refractivity contribution >= 4 is 37.5 Å². The fraction of sp³-hybridized carbons (Fsp3) is 0.0714. The first-order valence-corrected chi connectivity index (χ1v) is 8.78. The van der Waals surface area contributed by atoms with Gasteiger partial charge in [-0.15, -0.1) is 0 Å². The predicted molar refractivity (Wildman–Crippen MR) is 86.1 cm³/mol. The molecule has 3 rings (SSSR count). The van der Waals surface area contributed by atoms with Crippen molar-refractivity contribution in [3.63, 3.8) is 0 Å². The second kappa shape index (κ2) is 5.60. The van der Waals surface area contributed by atoms with E-state index >= 15 is 0 Å². The molecule has 7 nitrogen and oxygen atoms in total. The molecule has 0 atom stereocenters. The molecule has 0 aliphatic heterocycles. The molecular formula is C14H11N3O4S2. The average molecular weight is 349 g/mol. The zero-order valence-electron chi connectivity index (χ0n) is 11.9. The number of rotatable bonds is 3. The number of hydrogen-bond acceptors (Lipinski definition) is 6. The first-order chi connectivity index (χ1) is 10.8. The van der Waals surface area contributed by atoms with Gasteiger partial charge in [0.05, 0.1) is 15.1 Å². The number of nitrogens with one attached hydrogen (secondary N) is 2. The summed E-state index contributed by atoms with van der Waals surface area (Å²) in [6, 6.07) is 7.09. The number of benzene rings is 1. The van der Waals surface area contributed by atoms with E-state index in [1.165, 1.54) is 36.5 Å². The van der Waals surface area contributed by atoms with Gasteiger partial charge in [0.2, 0.25) is 0 Å². The number of aryl methyl sites for hydroxylation is 1. The minimum Gasteiger partial charge on any atom is -0.312 e. The van der Waals surface area contributed by atoms with Crippen molar-refractivity contribution < 1.29 is 13.2 Å². The fourth-order valence-corrected chi connectivity index (χ4v) is 3.87. The van der Waals surface area contributed by atoms with Crippen LogP contribution in [0.25, 0.3) is 10.2 Å². The molecular weight excluding hydrogens is 338 g/mol.